The van der Waals surface area contributed by atoms with Crippen molar-refractivity contribution >= 4 is 28.8 Å². The molecule has 0 spiro atoms. The Morgan fingerprint density at radius 1 is 1.14 bits per heavy atom. The molecule has 150 valence electrons. The number of amides is 2. The number of nitrogens with one attached hydrogen (secondary N) is 2. The molecule has 2 atom stereocenters. The summed E-state index contributed by atoms with van der Waals surface area (Å²) in [6.07, 6.45) is 1.40. The first-order chi connectivity index (χ1) is 13.5. The Hall–Kier alpha value is -2.22. The van der Waals surface area contributed by atoms with Gasteiger partial charge >= 0.3 is 0 Å². The molecule has 1 aromatic heterocycles. The Kier molecular flexibility index (Phi) is 7.19. The van der Waals surface area contributed by atoms with Gasteiger partial charge in [-0.1, -0.05) is 12.1 Å². The van der Waals surface area contributed by atoms with Crippen LogP contribution in [0.4, 0.5) is 5.69 Å². The molecule has 2 heterocycles. The van der Waals surface area contributed by atoms with E-state index in [0.29, 0.717) is 22.7 Å². The van der Waals surface area contributed by atoms with E-state index in [1.54, 1.807) is 30.3 Å². The van der Waals surface area contributed by atoms with Crippen LogP contribution in [-0.2, 0) is 4.74 Å². The molecule has 0 unspecified atom stereocenters. The van der Waals surface area contributed by atoms with Crippen LogP contribution in [0.15, 0.2) is 41.8 Å². The van der Waals surface area contributed by atoms with E-state index < -0.39 is 0 Å². The van der Waals surface area contributed by atoms with E-state index >= 15 is 0 Å². The molecule has 0 radical (unpaired) electrons. The number of thiophene rings is 1. The third kappa shape index (κ3) is 5.89. The largest absolute Gasteiger partial charge is 0.373 e. The van der Waals surface area contributed by atoms with Gasteiger partial charge in [-0.3, -0.25) is 14.5 Å². The van der Waals surface area contributed by atoms with E-state index in [-0.39, 0.29) is 24.0 Å². The standard InChI is InChI=1S/C21H27N3O3S/c1-15-13-24(14-16(2)27-15)10-5-9-22-20(25)17-6-3-7-18(12-17)23-21(26)19-8-4-11-28-19/h3-4,6-8,11-12,15-16H,5,9-10,13-14H2,1-2H3,(H,22,25)(H,23,26)/t15-,16+. The van der Waals surface area contributed by atoms with Gasteiger partial charge in [-0.25, -0.2) is 0 Å². The number of anilines is 1. The van der Waals surface area contributed by atoms with Gasteiger partial charge in [-0.05, 0) is 49.9 Å². The van der Waals surface area contributed by atoms with E-state index in [1.807, 2.05) is 11.4 Å². The number of hydrogen-bond donors (Lipinski definition) is 2. The molecule has 2 aromatic rings. The van der Waals surface area contributed by atoms with Crippen molar-refractivity contribution in [1.82, 2.24) is 10.2 Å². The molecule has 1 aliphatic rings. The highest BCUT2D eigenvalue weighted by Gasteiger charge is 2.21. The monoisotopic (exact) mass is 401 g/mol. The maximum absolute atomic E-state index is 12.4. The normalized spacial score (nSPS) is 19.9. The fourth-order valence-corrected chi connectivity index (χ4v) is 4.03. The smallest absolute Gasteiger partial charge is 0.265 e. The second kappa shape index (κ2) is 9.82. The number of morpholine rings is 1. The Bertz CT molecular complexity index is 784. The van der Waals surface area contributed by atoms with Crippen LogP contribution >= 0.6 is 11.3 Å². The quantitative estimate of drug-likeness (QED) is 0.699. The number of rotatable bonds is 7. The van der Waals surface area contributed by atoms with E-state index in [9.17, 15) is 9.59 Å². The summed E-state index contributed by atoms with van der Waals surface area (Å²) in [5, 5.41) is 7.65. The van der Waals surface area contributed by atoms with Gasteiger partial charge in [0.1, 0.15) is 0 Å². The minimum atomic E-state index is -0.165. The first-order valence-electron chi connectivity index (χ1n) is 9.62. The number of benzene rings is 1. The molecule has 7 heteroatoms. The molecule has 1 aromatic carbocycles. The zero-order valence-electron chi connectivity index (χ0n) is 16.3. The van der Waals surface area contributed by atoms with Crippen LogP contribution in [-0.4, -0.2) is 55.1 Å². The maximum atomic E-state index is 12.4. The number of nitrogens with zero attached hydrogens (tertiary/aromatic N) is 1. The van der Waals surface area contributed by atoms with Crippen molar-refractivity contribution in [1.29, 1.82) is 0 Å². The van der Waals surface area contributed by atoms with Crippen LogP contribution in [0.1, 0.15) is 40.3 Å². The van der Waals surface area contributed by atoms with E-state index in [1.165, 1.54) is 11.3 Å². The van der Waals surface area contributed by atoms with E-state index in [4.69, 9.17) is 4.74 Å². The molecule has 6 nitrogen and oxygen atoms in total. The highest BCUT2D eigenvalue weighted by molar-refractivity contribution is 7.12. The topological polar surface area (TPSA) is 70.7 Å². The van der Waals surface area contributed by atoms with Crippen molar-refractivity contribution in [2.24, 2.45) is 0 Å². The molecular weight excluding hydrogens is 374 g/mol. The maximum Gasteiger partial charge on any atom is 0.265 e. The first-order valence-corrected chi connectivity index (χ1v) is 10.5. The number of ether oxygens (including phenoxy) is 1. The van der Waals surface area contributed by atoms with Gasteiger partial charge in [0.2, 0.25) is 0 Å². The van der Waals surface area contributed by atoms with E-state index in [2.05, 4.69) is 29.4 Å². The SMILES string of the molecule is C[C@@H]1CN(CCCNC(=O)c2cccc(NC(=O)c3cccs3)c2)C[C@H](C)O1. The molecule has 2 amide bonds. The van der Waals surface area contributed by atoms with Crippen molar-refractivity contribution in [2.75, 3.05) is 31.5 Å². The molecule has 0 bridgehead atoms. The van der Waals surface area contributed by atoms with Gasteiger partial charge in [0.25, 0.3) is 11.8 Å². The van der Waals surface area contributed by atoms with Gasteiger partial charge in [0, 0.05) is 37.4 Å². The van der Waals surface area contributed by atoms with Crippen molar-refractivity contribution in [3.63, 3.8) is 0 Å². The average molecular weight is 402 g/mol. The van der Waals surface area contributed by atoms with Crippen molar-refractivity contribution in [3.8, 4) is 0 Å². The summed E-state index contributed by atoms with van der Waals surface area (Å²) in [7, 11) is 0. The third-order valence-electron chi connectivity index (χ3n) is 4.56. The summed E-state index contributed by atoms with van der Waals surface area (Å²) >= 11 is 1.38. The molecular formula is C21H27N3O3S. The van der Waals surface area contributed by atoms with Crippen LogP contribution in [0.2, 0.25) is 0 Å². The lowest BCUT2D eigenvalue weighted by Crippen LogP contribution is -2.46. The van der Waals surface area contributed by atoms with Crippen LogP contribution < -0.4 is 10.6 Å². The number of carbonyl (C=O) groups is 2. The summed E-state index contributed by atoms with van der Waals surface area (Å²) < 4.78 is 5.74. The zero-order valence-corrected chi connectivity index (χ0v) is 17.1. The van der Waals surface area contributed by atoms with Crippen molar-refractivity contribution < 1.29 is 14.3 Å². The van der Waals surface area contributed by atoms with E-state index in [0.717, 1.165) is 26.1 Å². The average Bonchev–Trinajstić information content (AvgIpc) is 3.19. The van der Waals surface area contributed by atoms with Gasteiger partial charge in [0.05, 0.1) is 17.1 Å². The van der Waals surface area contributed by atoms with Crippen LogP contribution in [0.3, 0.4) is 0 Å². The fourth-order valence-electron chi connectivity index (χ4n) is 3.41. The second-order valence-corrected chi connectivity index (χ2v) is 8.09. The molecule has 0 saturated carbocycles. The highest BCUT2D eigenvalue weighted by atomic mass is 32.1. The molecule has 1 saturated heterocycles. The predicted molar refractivity (Wildman–Crippen MR) is 112 cm³/mol. The molecule has 1 aliphatic heterocycles. The Balaban J connectivity index is 1.45. The van der Waals surface area contributed by atoms with Gasteiger partial charge in [-0.15, -0.1) is 11.3 Å². The van der Waals surface area contributed by atoms with Crippen molar-refractivity contribution in [3.05, 3.63) is 52.2 Å². The minimum absolute atomic E-state index is 0.129. The number of hydrogen-bond acceptors (Lipinski definition) is 5. The fraction of sp³-hybridized carbons (Fsp3) is 0.429. The van der Waals surface area contributed by atoms with Gasteiger partial charge in [-0.2, -0.15) is 0 Å². The molecule has 28 heavy (non-hydrogen) atoms. The Morgan fingerprint density at radius 2 is 1.93 bits per heavy atom. The first kappa shape index (κ1) is 20.5. The lowest BCUT2D eigenvalue weighted by molar-refractivity contribution is -0.0680. The summed E-state index contributed by atoms with van der Waals surface area (Å²) in [4.78, 5) is 27.6. The molecule has 2 N–H and O–H groups in total. The summed E-state index contributed by atoms with van der Waals surface area (Å²) in [5.74, 6) is -0.294. The lowest BCUT2D eigenvalue weighted by atomic mass is 10.2. The highest BCUT2D eigenvalue weighted by Crippen LogP contribution is 2.15. The molecule has 0 aliphatic carbocycles. The van der Waals surface area contributed by atoms with Crippen molar-refractivity contribution in [2.45, 2.75) is 32.5 Å². The minimum Gasteiger partial charge on any atom is -0.373 e. The van der Waals surface area contributed by atoms with Crippen LogP contribution in [0.25, 0.3) is 0 Å². The predicted octanol–water partition coefficient (Wildman–Crippen LogP) is 3.23. The summed E-state index contributed by atoms with van der Waals surface area (Å²) in [5.41, 5.74) is 1.15. The van der Waals surface area contributed by atoms with Gasteiger partial charge < -0.3 is 15.4 Å². The van der Waals surface area contributed by atoms with Gasteiger partial charge in [0.15, 0.2) is 0 Å². The summed E-state index contributed by atoms with van der Waals surface area (Å²) in [6.45, 7) is 7.61. The Labute approximate surface area is 169 Å². The second-order valence-electron chi connectivity index (χ2n) is 7.14. The summed E-state index contributed by atoms with van der Waals surface area (Å²) in [6, 6.07) is 10.6. The van der Waals surface area contributed by atoms with Crippen LogP contribution in [0.5, 0.6) is 0 Å². The zero-order chi connectivity index (χ0) is 19.9. The third-order valence-corrected chi connectivity index (χ3v) is 5.43. The molecule has 1 fully saturated rings. The lowest BCUT2D eigenvalue weighted by Gasteiger charge is -2.35. The molecule has 3 rings (SSSR count). The van der Waals surface area contributed by atoms with Crippen LogP contribution in [0, 0.1) is 0 Å². The Morgan fingerprint density at radius 3 is 2.64 bits per heavy atom. The number of carbonyl (C=O) groups excluding carboxylic acids is 2.